The molecule has 0 fully saturated rings. The Morgan fingerprint density at radius 3 is 1.80 bits per heavy atom. The van der Waals surface area contributed by atoms with Gasteiger partial charge in [-0.05, 0) is 104 Å². The predicted molar refractivity (Wildman–Crippen MR) is 184 cm³/mol. The maximum atomic E-state index is 12.1. The van der Waals surface area contributed by atoms with Crippen LogP contribution in [-0.2, 0) is 4.79 Å². The summed E-state index contributed by atoms with van der Waals surface area (Å²) in [6, 6.07) is 0. The number of rotatable bonds is 14. The highest BCUT2D eigenvalue weighted by atomic mass is 16.1. The third-order valence-electron chi connectivity index (χ3n) is 7.45. The zero-order valence-electron chi connectivity index (χ0n) is 27.7. The lowest BCUT2D eigenvalue weighted by Gasteiger charge is -2.32. The summed E-state index contributed by atoms with van der Waals surface area (Å²) in [6.45, 7) is 21.5. The second kappa shape index (κ2) is 19.0. The first kappa shape index (κ1) is 35.8. The van der Waals surface area contributed by atoms with E-state index in [1.54, 1.807) is 0 Å². The first-order chi connectivity index (χ1) is 19.3. The van der Waals surface area contributed by atoms with Crippen LogP contribution >= 0.6 is 0 Å². The van der Waals surface area contributed by atoms with Crippen LogP contribution in [0.1, 0.15) is 108 Å². The van der Waals surface area contributed by atoms with E-state index in [0.717, 1.165) is 43.3 Å². The van der Waals surface area contributed by atoms with E-state index in [1.807, 2.05) is 6.92 Å². The van der Waals surface area contributed by atoms with Crippen LogP contribution in [0.5, 0.6) is 0 Å². The van der Waals surface area contributed by atoms with Gasteiger partial charge in [0.05, 0.1) is 0 Å². The molecule has 0 N–H and O–H groups in total. The smallest absolute Gasteiger partial charge is 0.158 e. The van der Waals surface area contributed by atoms with E-state index in [2.05, 4.69) is 147 Å². The number of allylic oxidation sites excluding steroid dienone is 22. The lowest BCUT2D eigenvalue weighted by molar-refractivity contribution is -0.116. The average molecular weight is 553 g/mol. The van der Waals surface area contributed by atoms with Crippen LogP contribution in [0.2, 0.25) is 0 Å². The van der Waals surface area contributed by atoms with Crippen molar-refractivity contribution in [2.75, 3.05) is 0 Å². The maximum Gasteiger partial charge on any atom is 0.158 e. The van der Waals surface area contributed by atoms with E-state index in [4.69, 9.17) is 0 Å². The molecule has 0 atom stereocenters. The maximum absolute atomic E-state index is 12.1. The zero-order valence-corrected chi connectivity index (χ0v) is 27.7. The van der Waals surface area contributed by atoms with Gasteiger partial charge in [0.1, 0.15) is 0 Å². The van der Waals surface area contributed by atoms with Gasteiger partial charge in [-0.15, -0.1) is 0 Å². The van der Waals surface area contributed by atoms with Crippen LogP contribution in [-0.4, -0.2) is 5.78 Å². The van der Waals surface area contributed by atoms with Gasteiger partial charge in [-0.25, -0.2) is 0 Å². The normalized spacial score (nSPS) is 18.2. The standard InChI is InChI=1S/C40H56O/c1-31(2)17-13-20-34(5)23-15-25-35(6)24-14-21-32(3)18-11-12-19-33(4)22-16-26-36(7)27-28-38-37(8)39(41)29-30-40(38,9)10/h11-12,14,16-19,21-24,26-28H,13,15,20,25,29-30H2,1-10H3/b12-11+,21-14+,22-16+,28-27+,32-18+,33-19+,34-23+,35-24+,36-26+. The summed E-state index contributed by atoms with van der Waals surface area (Å²) in [7, 11) is 0. The Hall–Kier alpha value is -3.19. The van der Waals surface area contributed by atoms with E-state index < -0.39 is 0 Å². The molecule has 1 aliphatic carbocycles. The topological polar surface area (TPSA) is 17.1 Å². The summed E-state index contributed by atoms with van der Waals surface area (Å²) in [5.74, 6) is 0.280. The highest BCUT2D eigenvalue weighted by Gasteiger charge is 2.30. The van der Waals surface area contributed by atoms with Gasteiger partial charge in [0.25, 0.3) is 0 Å². The van der Waals surface area contributed by atoms with E-state index in [-0.39, 0.29) is 11.2 Å². The SMILES string of the molecule is CC(C)=CCC/C(C)=C/CC/C(C)=C/C=C/C(C)=C/C=C/C=C(C)/C=C/C=C(C)/C=C/C1=C(C)C(=O)CCC1(C)C. The lowest BCUT2D eigenvalue weighted by atomic mass is 9.72. The minimum Gasteiger partial charge on any atom is -0.295 e. The number of hydrogen-bond acceptors (Lipinski definition) is 1. The fraction of sp³-hybridized carbons (Fsp3) is 0.425. The van der Waals surface area contributed by atoms with Crippen LogP contribution in [0.25, 0.3) is 0 Å². The number of hydrogen-bond donors (Lipinski definition) is 0. The Kier molecular flexibility index (Phi) is 16.6. The van der Waals surface area contributed by atoms with E-state index in [1.165, 1.54) is 33.4 Å². The molecule has 0 spiro atoms. The molecule has 0 aromatic heterocycles. The third kappa shape index (κ3) is 16.0. The van der Waals surface area contributed by atoms with Crippen LogP contribution in [0, 0.1) is 5.41 Å². The van der Waals surface area contributed by atoms with Gasteiger partial charge in [0.2, 0.25) is 0 Å². The van der Waals surface area contributed by atoms with Crippen molar-refractivity contribution in [2.24, 2.45) is 5.41 Å². The molecule has 222 valence electrons. The molecule has 1 rings (SSSR count). The first-order valence-corrected chi connectivity index (χ1v) is 15.2. The highest BCUT2D eigenvalue weighted by Crippen LogP contribution is 2.39. The van der Waals surface area contributed by atoms with Gasteiger partial charge in [0.15, 0.2) is 5.78 Å². The minimum absolute atomic E-state index is 0.0520. The summed E-state index contributed by atoms with van der Waals surface area (Å²) in [5.41, 5.74) is 10.0. The molecular weight excluding hydrogens is 496 g/mol. The zero-order chi connectivity index (χ0) is 30.8. The Morgan fingerprint density at radius 1 is 0.683 bits per heavy atom. The molecule has 1 heteroatoms. The van der Waals surface area contributed by atoms with Crippen molar-refractivity contribution >= 4 is 5.78 Å². The predicted octanol–water partition coefficient (Wildman–Crippen LogP) is 12.2. The molecule has 0 saturated carbocycles. The van der Waals surface area contributed by atoms with E-state index >= 15 is 0 Å². The van der Waals surface area contributed by atoms with E-state index in [0.29, 0.717) is 6.42 Å². The molecule has 0 heterocycles. The summed E-state index contributed by atoms with van der Waals surface area (Å²) in [5, 5.41) is 0. The number of Topliss-reactive ketones (excluding diaryl/α,β-unsaturated/α-hetero) is 1. The monoisotopic (exact) mass is 552 g/mol. The molecule has 0 amide bonds. The van der Waals surface area contributed by atoms with Gasteiger partial charge < -0.3 is 0 Å². The number of carbonyl (C=O) groups excluding carboxylic acids is 1. The summed E-state index contributed by atoms with van der Waals surface area (Å²) < 4.78 is 0. The largest absolute Gasteiger partial charge is 0.295 e. The Balaban J connectivity index is 2.56. The molecule has 41 heavy (non-hydrogen) atoms. The Labute approximate surface area is 253 Å². The van der Waals surface area contributed by atoms with Crippen molar-refractivity contribution in [1.29, 1.82) is 0 Å². The summed E-state index contributed by atoms with van der Waals surface area (Å²) >= 11 is 0. The minimum atomic E-state index is 0.0520. The molecule has 0 saturated heterocycles. The Bertz CT molecular complexity index is 1220. The molecule has 0 bridgehead atoms. The molecule has 0 aliphatic heterocycles. The quantitative estimate of drug-likeness (QED) is 0.155. The molecule has 0 aromatic carbocycles. The van der Waals surface area contributed by atoms with E-state index in [9.17, 15) is 4.79 Å². The van der Waals surface area contributed by atoms with Gasteiger partial charge >= 0.3 is 0 Å². The first-order valence-electron chi connectivity index (χ1n) is 15.2. The molecule has 0 radical (unpaired) electrons. The molecule has 0 unspecified atom stereocenters. The second-order valence-corrected chi connectivity index (χ2v) is 12.4. The highest BCUT2D eigenvalue weighted by molar-refractivity contribution is 5.97. The van der Waals surface area contributed by atoms with Gasteiger partial charge in [-0.1, -0.05) is 132 Å². The van der Waals surface area contributed by atoms with Crippen LogP contribution in [0.4, 0.5) is 0 Å². The summed E-state index contributed by atoms with van der Waals surface area (Å²) in [6.07, 6.45) is 36.3. The van der Waals surface area contributed by atoms with Crippen LogP contribution < -0.4 is 0 Å². The van der Waals surface area contributed by atoms with Crippen molar-refractivity contribution in [2.45, 2.75) is 108 Å². The van der Waals surface area contributed by atoms with Crippen LogP contribution in [0.3, 0.4) is 0 Å². The number of carbonyl (C=O) groups is 1. The second-order valence-electron chi connectivity index (χ2n) is 12.4. The van der Waals surface area contributed by atoms with Crippen molar-refractivity contribution in [3.8, 4) is 0 Å². The van der Waals surface area contributed by atoms with Gasteiger partial charge in [-0.2, -0.15) is 0 Å². The van der Waals surface area contributed by atoms with Crippen LogP contribution in [0.15, 0.2) is 130 Å². The molecular formula is C40H56O. The fourth-order valence-electron chi connectivity index (χ4n) is 4.59. The average Bonchev–Trinajstić information content (AvgIpc) is 2.88. The van der Waals surface area contributed by atoms with Crippen molar-refractivity contribution in [3.05, 3.63) is 130 Å². The summed E-state index contributed by atoms with van der Waals surface area (Å²) in [4.78, 5) is 12.1. The third-order valence-corrected chi connectivity index (χ3v) is 7.45. The van der Waals surface area contributed by atoms with Gasteiger partial charge in [-0.3, -0.25) is 4.79 Å². The fourth-order valence-corrected chi connectivity index (χ4v) is 4.59. The lowest BCUT2D eigenvalue weighted by Crippen LogP contribution is -2.24. The number of ketones is 1. The van der Waals surface area contributed by atoms with Crippen molar-refractivity contribution in [1.82, 2.24) is 0 Å². The van der Waals surface area contributed by atoms with Crippen molar-refractivity contribution < 1.29 is 4.79 Å². The molecule has 1 nitrogen and oxygen atoms in total. The van der Waals surface area contributed by atoms with Gasteiger partial charge in [0, 0.05) is 6.42 Å². The Morgan fingerprint density at radius 2 is 1.20 bits per heavy atom. The molecule has 1 aliphatic rings. The van der Waals surface area contributed by atoms with Crippen molar-refractivity contribution in [3.63, 3.8) is 0 Å². The molecule has 0 aromatic rings.